The van der Waals surface area contributed by atoms with Gasteiger partial charge in [-0.05, 0) is 38.1 Å². The highest BCUT2D eigenvalue weighted by Crippen LogP contribution is 2.32. The number of nitrogens with one attached hydrogen (secondary N) is 2. The number of rotatable bonds is 4. The van der Waals surface area contributed by atoms with E-state index >= 15 is 0 Å². The predicted molar refractivity (Wildman–Crippen MR) is 102 cm³/mol. The van der Waals surface area contributed by atoms with Gasteiger partial charge in [-0.15, -0.1) is 0 Å². The van der Waals surface area contributed by atoms with E-state index in [1.54, 1.807) is 7.11 Å². The van der Waals surface area contributed by atoms with Crippen molar-refractivity contribution in [2.45, 2.75) is 13.8 Å². The van der Waals surface area contributed by atoms with Crippen molar-refractivity contribution in [2.24, 2.45) is 0 Å². The topological polar surface area (TPSA) is 89.0 Å². The predicted octanol–water partition coefficient (Wildman–Crippen LogP) is 3.80. The lowest BCUT2D eigenvalue weighted by molar-refractivity contribution is 0.252. The van der Waals surface area contributed by atoms with Crippen LogP contribution >= 0.6 is 11.6 Å². The highest BCUT2D eigenvalue weighted by Gasteiger charge is 2.11. The SMILES string of the molecule is CCNC(=O)Nc1cnc2ccc(-c3cc(Cl)c(C)c(OC)c3)nc2n1. The van der Waals surface area contributed by atoms with E-state index < -0.39 is 0 Å². The van der Waals surface area contributed by atoms with E-state index in [0.717, 1.165) is 11.1 Å². The fourth-order valence-electron chi connectivity index (χ4n) is 2.45. The Hall–Kier alpha value is -2.93. The summed E-state index contributed by atoms with van der Waals surface area (Å²) in [6, 6.07) is 7.03. The number of carbonyl (C=O) groups is 1. The highest BCUT2D eigenvalue weighted by atomic mass is 35.5. The minimum atomic E-state index is -0.340. The van der Waals surface area contributed by atoms with Gasteiger partial charge in [-0.2, -0.15) is 0 Å². The van der Waals surface area contributed by atoms with Crippen molar-refractivity contribution in [2.75, 3.05) is 19.0 Å². The second kappa shape index (κ2) is 7.53. The molecule has 3 rings (SSSR count). The zero-order valence-corrected chi connectivity index (χ0v) is 15.4. The van der Waals surface area contributed by atoms with Crippen LogP contribution in [0.15, 0.2) is 30.5 Å². The number of benzene rings is 1. The molecule has 0 radical (unpaired) electrons. The molecule has 3 aromatic rings. The summed E-state index contributed by atoms with van der Waals surface area (Å²) < 4.78 is 5.37. The normalized spacial score (nSPS) is 10.6. The molecule has 134 valence electrons. The zero-order chi connectivity index (χ0) is 18.7. The van der Waals surface area contributed by atoms with E-state index in [2.05, 4.69) is 25.6 Å². The van der Waals surface area contributed by atoms with Crippen molar-refractivity contribution in [3.63, 3.8) is 0 Å². The van der Waals surface area contributed by atoms with E-state index in [1.165, 1.54) is 6.20 Å². The zero-order valence-electron chi connectivity index (χ0n) is 14.6. The van der Waals surface area contributed by atoms with Crippen LogP contribution in [0.2, 0.25) is 5.02 Å². The summed E-state index contributed by atoms with van der Waals surface area (Å²) >= 11 is 6.29. The molecule has 0 aliphatic carbocycles. The molecule has 0 aliphatic rings. The summed E-state index contributed by atoms with van der Waals surface area (Å²) in [5.74, 6) is 1.01. The third kappa shape index (κ3) is 3.67. The first-order valence-electron chi connectivity index (χ1n) is 8.05. The summed E-state index contributed by atoms with van der Waals surface area (Å²) in [6.45, 7) is 4.25. The number of amides is 2. The van der Waals surface area contributed by atoms with E-state index in [0.29, 0.717) is 40.0 Å². The van der Waals surface area contributed by atoms with Gasteiger partial charge in [-0.1, -0.05) is 11.6 Å². The number of carbonyl (C=O) groups excluding carboxylic acids is 1. The van der Waals surface area contributed by atoms with Crippen LogP contribution in [-0.2, 0) is 0 Å². The number of pyridine rings is 1. The molecule has 8 heteroatoms. The highest BCUT2D eigenvalue weighted by molar-refractivity contribution is 6.31. The van der Waals surface area contributed by atoms with Crippen molar-refractivity contribution < 1.29 is 9.53 Å². The first-order valence-corrected chi connectivity index (χ1v) is 8.42. The average molecular weight is 372 g/mol. The molecule has 1 aromatic carbocycles. The number of ether oxygens (including phenoxy) is 1. The van der Waals surface area contributed by atoms with Crippen molar-refractivity contribution in [3.8, 4) is 17.0 Å². The summed E-state index contributed by atoms with van der Waals surface area (Å²) in [5.41, 5.74) is 3.41. The van der Waals surface area contributed by atoms with Gasteiger partial charge >= 0.3 is 6.03 Å². The molecule has 2 aromatic heterocycles. The van der Waals surface area contributed by atoms with Gasteiger partial charge in [0.1, 0.15) is 11.3 Å². The molecule has 0 aliphatic heterocycles. The third-order valence-electron chi connectivity index (χ3n) is 3.80. The Labute approximate surface area is 155 Å². The summed E-state index contributed by atoms with van der Waals surface area (Å²) in [4.78, 5) is 24.8. The Bertz CT molecular complexity index is 977. The quantitative estimate of drug-likeness (QED) is 0.728. The molecular weight excluding hydrogens is 354 g/mol. The lowest BCUT2D eigenvalue weighted by Gasteiger charge is -2.10. The molecule has 0 spiro atoms. The van der Waals surface area contributed by atoms with Gasteiger partial charge in [0.05, 0.1) is 19.0 Å². The van der Waals surface area contributed by atoms with E-state index in [-0.39, 0.29) is 6.03 Å². The van der Waals surface area contributed by atoms with E-state index in [9.17, 15) is 4.79 Å². The largest absolute Gasteiger partial charge is 0.496 e. The standard InChI is InChI=1S/C18H18ClN5O2/c1-4-20-18(25)24-16-9-21-14-6-5-13(22-17(14)23-16)11-7-12(19)10(2)15(8-11)26-3/h5-9H,4H2,1-3H3,(H2,20,22,23,24,25). The lowest BCUT2D eigenvalue weighted by atomic mass is 10.1. The fourth-order valence-corrected chi connectivity index (χ4v) is 2.66. The van der Waals surface area contributed by atoms with Crippen LogP contribution in [0, 0.1) is 6.92 Å². The Balaban J connectivity index is 2.00. The van der Waals surface area contributed by atoms with Crippen LogP contribution in [0.25, 0.3) is 22.4 Å². The number of hydrogen-bond donors (Lipinski definition) is 2. The second-order valence-corrected chi connectivity index (χ2v) is 5.97. The number of halogens is 1. The van der Waals surface area contributed by atoms with Crippen LogP contribution in [-0.4, -0.2) is 34.6 Å². The maximum atomic E-state index is 11.6. The molecule has 2 amide bonds. The van der Waals surface area contributed by atoms with Crippen LogP contribution in [0.3, 0.4) is 0 Å². The molecule has 2 heterocycles. The van der Waals surface area contributed by atoms with Gasteiger partial charge in [-0.3, -0.25) is 5.32 Å². The van der Waals surface area contributed by atoms with Crippen molar-refractivity contribution in [3.05, 3.63) is 41.0 Å². The molecule has 0 saturated heterocycles. The first kappa shape index (κ1) is 17.9. The molecular formula is C18H18ClN5O2. The molecule has 0 unspecified atom stereocenters. The lowest BCUT2D eigenvalue weighted by Crippen LogP contribution is -2.28. The van der Waals surface area contributed by atoms with Gasteiger partial charge in [0.15, 0.2) is 11.5 Å². The van der Waals surface area contributed by atoms with Crippen LogP contribution in [0.5, 0.6) is 5.75 Å². The Morgan fingerprint density at radius 2 is 2.08 bits per heavy atom. The van der Waals surface area contributed by atoms with E-state index in [4.69, 9.17) is 16.3 Å². The minimum Gasteiger partial charge on any atom is -0.496 e. The van der Waals surface area contributed by atoms with Gasteiger partial charge < -0.3 is 10.1 Å². The number of fused-ring (bicyclic) bond motifs is 1. The van der Waals surface area contributed by atoms with Crippen molar-refractivity contribution in [1.29, 1.82) is 0 Å². The van der Waals surface area contributed by atoms with Gasteiger partial charge in [0.2, 0.25) is 0 Å². The smallest absolute Gasteiger partial charge is 0.320 e. The molecule has 0 saturated carbocycles. The molecule has 7 nitrogen and oxygen atoms in total. The third-order valence-corrected chi connectivity index (χ3v) is 4.19. The Morgan fingerprint density at radius 3 is 2.81 bits per heavy atom. The molecule has 0 atom stereocenters. The van der Waals surface area contributed by atoms with Gasteiger partial charge in [-0.25, -0.2) is 19.7 Å². The Morgan fingerprint density at radius 1 is 1.27 bits per heavy atom. The summed E-state index contributed by atoms with van der Waals surface area (Å²) in [7, 11) is 1.60. The van der Waals surface area contributed by atoms with Gasteiger partial charge in [0.25, 0.3) is 0 Å². The minimum absolute atomic E-state index is 0.326. The average Bonchev–Trinajstić information content (AvgIpc) is 2.63. The molecule has 0 fully saturated rings. The molecule has 2 N–H and O–H groups in total. The van der Waals surface area contributed by atoms with Crippen molar-refractivity contribution >= 4 is 34.6 Å². The van der Waals surface area contributed by atoms with Gasteiger partial charge in [0, 0.05) is 22.7 Å². The monoisotopic (exact) mass is 371 g/mol. The maximum absolute atomic E-state index is 11.6. The van der Waals surface area contributed by atoms with Crippen molar-refractivity contribution in [1.82, 2.24) is 20.3 Å². The first-order chi connectivity index (χ1) is 12.5. The Kier molecular flexibility index (Phi) is 5.18. The van der Waals surface area contributed by atoms with Crippen LogP contribution in [0.1, 0.15) is 12.5 Å². The number of nitrogens with zero attached hydrogens (tertiary/aromatic N) is 3. The molecule has 0 bridgehead atoms. The van der Waals surface area contributed by atoms with E-state index in [1.807, 2.05) is 38.1 Å². The number of urea groups is 1. The number of anilines is 1. The summed E-state index contributed by atoms with van der Waals surface area (Å²) in [5, 5.41) is 5.86. The summed E-state index contributed by atoms with van der Waals surface area (Å²) in [6.07, 6.45) is 1.49. The van der Waals surface area contributed by atoms with Crippen LogP contribution in [0.4, 0.5) is 10.6 Å². The maximum Gasteiger partial charge on any atom is 0.320 e. The fraction of sp³-hybridized carbons (Fsp3) is 0.222. The second-order valence-electron chi connectivity index (χ2n) is 5.56. The number of hydrogen-bond acceptors (Lipinski definition) is 5. The number of methoxy groups -OCH3 is 1. The number of aromatic nitrogens is 3. The van der Waals surface area contributed by atoms with Crippen LogP contribution < -0.4 is 15.4 Å². The molecule has 26 heavy (non-hydrogen) atoms.